The number of fused-ring (bicyclic) bond motifs is 1. The second kappa shape index (κ2) is 16.6. The molecule has 0 spiro atoms. The number of nitrogens with zero attached hydrogens (tertiary/aromatic N) is 2. The second-order valence-electron chi connectivity index (χ2n) is 12.0. The van der Waals surface area contributed by atoms with Gasteiger partial charge in [-0.3, -0.25) is 23.9 Å². The van der Waals surface area contributed by atoms with Crippen LogP contribution in [0.4, 0.5) is 0 Å². The van der Waals surface area contributed by atoms with Crippen LogP contribution in [0.5, 0.6) is 5.75 Å². The molecule has 1 aliphatic heterocycles. The van der Waals surface area contributed by atoms with Gasteiger partial charge in [-0.1, -0.05) is 37.9 Å². The number of amides is 3. The molecule has 7 atom stereocenters. The van der Waals surface area contributed by atoms with Crippen molar-refractivity contribution < 1.29 is 41.8 Å². The molecule has 2 fully saturated rings. The monoisotopic (exact) mass is 688 g/mol. The van der Waals surface area contributed by atoms with Crippen molar-refractivity contribution in [2.75, 3.05) is 13.1 Å². The van der Waals surface area contributed by atoms with Gasteiger partial charge in [0.1, 0.15) is 23.9 Å². The summed E-state index contributed by atoms with van der Waals surface area (Å²) in [5.41, 5.74) is 11.2. The van der Waals surface area contributed by atoms with E-state index in [-0.39, 0.29) is 35.5 Å². The number of halogens is 1. The third-order valence-electron chi connectivity index (χ3n) is 8.64. The number of likely N-dealkylation sites (tertiary alicyclic amines) is 1. The first kappa shape index (κ1) is 37.3. The highest BCUT2D eigenvalue weighted by Crippen LogP contribution is 2.42. The van der Waals surface area contributed by atoms with Gasteiger partial charge in [-0.2, -0.15) is 8.42 Å². The van der Waals surface area contributed by atoms with Crippen molar-refractivity contribution in [2.24, 2.45) is 28.3 Å². The van der Waals surface area contributed by atoms with Crippen LogP contribution in [0.3, 0.4) is 0 Å². The maximum Gasteiger partial charge on any atom is 0.397 e. The fourth-order valence-corrected chi connectivity index (χ4v) is 6.81. The van der Waals surface area contributed by atoms with Crippen LogP contribution in [0, 0.1) is 11.8 Å². The Morgan fingerprint density at radius 2 is 1.91 bits per heavy atom. The number of carbonyl (C=O) groups is 3. The Morgan fingerprint density at radius 3 is 2.54 bits per heavy atom. The summed E-state index contributed by atoms with van der Waals surface area (Å²) in [6.45, 7) is 4.30. The lowest BCUT2D eigenvalue weighted by Crippen LogP contribution is -2.59. The highest BCUT2D eigenvalue weighted by Gasteiger charge is 2.51. The van der Waals surface area contributed by atoms with Crippen LogP contribution in [-0.2, 0) is 35.4 Å². The Bertz CT molecular complexity index is 1380. The van der Waals surface area contributed by atoms with Crippen molar-refractivity contribution in [1.82, 2.24) is 15.5 Å². The van der Waals surface area contributed by atoms with E-state index in [1.807, 2.05) is 6.92 Å². The van der Waals surface area contributed by atoms with Gasteiger partial charge in [0.25, 0.3) is 0 Å². The summed E-state index contributed by atoms with van der Waals surface area (Å²) in [7, 11) is -4.75. The number of nitrogens with two attached hydrogens (primary N) is 2. The van der Waals surface area contributed by atoms with Gasteiger partial charge in [-0.15, -0.1) is 0 Å². The van der Waals surface area contributed by atoms with Crippen LogP contribution in [0.1, 0.15) is 64.4 Å². The van der Waals surface area contributed by atoms with Gasteiger partial charge in [0.2, 0.25) is 17.7 Å². The number of aliphatic imine (C=N–C) groups is 1. The predicted molar refractivity (Wildman–Crippen MR) is 170 cm³/mol. The normalized spacial score (nSPS) is 23.1. The first-order valence-corrected chi connectivity index (χ1v) is 17.1. The molecule has 0 radical (unpaired) electrons. The molecular weight excluding hydrogens is 644 g/mol. The van der Waals surface area contributed by atoms with Crippen molar-refractivity contribution in [1.29, 1.82) is 0 Å². The molecule has 46 heavy (non-hydrogen) atoms. The van der Waals surface area contributed by atoms with Crippen molar-refractivity contribution in [3.63, 3.8) is 0 Å². The van der Waals surface area contributed by atoms with Gasteiger partial charge >= 0.3 is 10.4 Å². The lowest BCUT2D eigenvalue weighted by Gasteiger charge is -2.39. The summed E-state index contributed by atoms with van der Waals surface area (Å²) in [5.74, 6) is -2.47. The van der Waals surface area contributed by atoms with Gasteiger partial charge in [0.05, 0.1) is 11.1 Å². The first-order valence-electron chi connectivity index (χ1n) is 15.4. The number of phenolic OH excluding ortho intramolecular Hbond substituents is 1. The molecule has 15 nitrogen and oxygen atoms in total. The summed E-state index contributed by atoms with van der Waals surface area (Å²) in [6, 6.07) is 1.66. The molecular formula is C29H45ClN6O9S. The number of guanidine groups is 1. The van der Waals surface area contributed by atoms with Gasteiger partial charge in [0.15, 0.2) is 5.96 Å². The topological polar surface area (TPSA) is 247 Å². The highest BCUT2D eigenvalue weighted by atomic mass is 35.5. The van der Waals surface area contributed by atoms with Gasteiger partial charge in [-0.25, -0.2) is 4.18 Å². The van der Waals surface area contributed by atoms with Gasteiger partial charge < -0.3 is 37.2 Å². The first-order chi connectivity index (χ1) is 21.6. The third kappa shape index (κ3) is 10.4. The maximum absolute atomic E-state index is 14.3. The second-order valence-corrected chi connectivity index (χ2v) is 13.4. The molecule has 1 heterocycles. The molecule has 1 saturated carbocycles. The van der Waals surface area contributed by atoms with E-state index in [1.165, 1.54) is 23.1 Å². The Hall–Kier alpha value is -3.18. The molecule has 9 N–H and O–H groups in total. The van der Waals surface area contributed by atoms with Crippen LogP contribution >= 0.6 is 11.6 Å². The number of benzene rings is 1. The summed E-state index contributed by atoms with van der Waals surface area (Å²) < 4.78 is 37.1. The molecule has 0 bridgehead atoms. The van der Waals surface area contributed by atoms with E-state index in [0.29, 0.717) is 57.2 Å². The minimum atomic E-state index is -4.75. The number of carbonyl (C=O) groups excluding carboxylic acids is 3. The lowest BCUT2D eigenvalue weighted by molar-refractivity contribution is -0.146. The SMILES string of the molecule is CC[C@@H](C)[C@@H](NC(=O)[C@H](O)Cc1ccc(O)c(Cl)c1)C(=O)N1[C@H](C(=O)NCCCCN=C(N)N)C[C@@H]2CC[C@@H](OS(=O)(=O)O)C[C@@H]21. The van der Waals surface area contributed by atoms with Crippen molar-refractivity contribution in [3.05, 3.63) is 28.8 Å². The highest BCUT2D eigenvalue weighted by molar-refractivity contribution is 7.80. The lowest BCUT2D eigenvalue weighted by atomic mass is 9.83. The zero-order valence-corrected chi connectivity index (χ0v) is 27.5. The number of phenols is 1. The number of aliphatic hydroxyl groups excluding tert-OH is 1. The summed E-state index contributed by atoms with van der Waals surface area (Å²) in [6.07, 6.45) is 0.220. The van der Waals surface area contributed by atoms with Gasteiger partial charge in [0, 0.05) is 25.6 Å². The Labute approximate surface area is 274 Å². The summed E-state index contributed by atoms with van der Waals surface area (Å²) in [5, 5.41) is 26.0. The van der Waals surface area contributed by atoms with E-state index in [0.717, 1.165) is 0 Å². The molecule has 17 heteroatoms. The Kier molecular flexibility index (Phi) is 13.4. The number of hydrogen-bond acceptors (Lipinski definition) is 9. The van der Waals surface area contributed by atoms with E-state index < -0.39 is 64.4 Å². The predicted octanol–water partition coefficient (Wildman–Crippen LogP) is 0.607. The maximum atomic E-state index is 14.3. The molecule has 2 aliphatic rings. The third-order valence-corrected chi connectivity index (χ3v) is 9.46. The smallest absolute Gasteiger partial charge is 0.397 e. The minimum absolute atomic E-state index is 0.0248. The van der Waals surface area contributed by atoms with Crippen LogP contribution in [0.25, 0.3) is 0 Å². The van der Waals surface area contributed by atoms with E-state index in [2.05, 4.69) is 15.6 Å². The van der Waals surface area contributed by atoms with Crippen LogP contribution in [0.15, 0.2) is 23.2 Å². The number of rotatable bonds is 15. The summed E-state index contributed by atoms with van der Waals surface area (Å²) >= 11 is 5.96. The van der Waals surface area contributed by atoms with E-state index in [9.17, 15) is 37.6 Å². The molecule has 0 unspecified atom stereocenters. The standard InChI is InChI=1S/C29H45ClN6O9S/c1-3-16(2)25(35-27(40)24(38)13-17-6-9-23(37)20(30)12-17)28(41)36-21-15-19(45-46(42,43)44)8-7-18(21)14-22(36)26(39)33-10-4-5-11-34-29(31)32/h6,9,12,16,18-19,21-22,24-25,37-38H,3-5,7-8,10-11,13-15H2,1-2H3,(H,33,39)(H,35,40)(H4,31,32,34)(H,42,43,44)/t16-,18+,19-,21+,22+,24-,25-/m1/s1. The number of nitrogens with one attached hydrogen (secondary N) is 2. The molecule has 3 amide bonds. The van der Waals surface area contributed by atoms with Crippen LogP contribution in [-0.4, -0.2) is 95.2 Å². The molecule has 258 valence electrons. The van der Waals surface area contributed by atoms with Crippen molar-refractivity contribution in [3.8, 4) is 5.75 Å². The molecule has 1 aromatic carbocycles. The fourth-order valence-electron chi connectivity index (χ4n) is 6.09. The fraction of sp³-hybridized carbons (Fsp3) is 0.655. The Morgan fingerprint density at radius 1 is 1.20 bits per heavy atom. The molecule has 1 aliphatic carbocycles. The molecule has 1 aromatic rings. The number of unbranched alkanes of at least 4 members (excludes halogenated alkanes) is 1. The van der Waals surface area contributed by atoms with E-state index in [4.69, 9.17) is 27.3 Å². The molecule has 0 aromatic heterocycles. The zero-order chi connectivity index (χ0) is 34.2. The van der Waals surface area contributed by atoms with Gasteiger partial charge in [-0.05, 0) is 68.1 Å². The van der Waals surface area contributed by atoms with Crippen LogP contribution in [0.2, 0.25) is 5.02 Å². The summed E-state index contributed by atoms with van der Waals surface area (Å²) in [4.78, 5) is 46.4. The Balaban J connectivity index is 1.82. The molecule has 3 rings (SSSR count). The van der Waals surface area contributed by atoms with E-state index in [1.54, 1.807) is 6.92 Å². The number of hydrogen-bond donors (Lipinski definition) is 7. The average Bonchev–Trinajstić information content (AvgIpc) is 3.36. The largest absolute Gasteiger partial charge is 0.506 e. The van der Waals surface area contributed by atoms with Crippen molar-refractivity contribution in [2.45, 2.75) is 95.5 Å². The van der Waals surface area contributed by atoms with Crippen molar-refractivity contribution >= 4 is 45.7 Å². The zero-order valence-electron chi connectivity index (χ0n) is 26.0. The van der Waals surface area contributed by atoms with Crippen LogP contribution < -0.4 is 22.1 Å². The molecule has 1 saturated heterocycles. The number of aliphatic hydroxyl groups is 1. The number of aromatic hydroxyl groups is 1. The quantitative estimate of drug-likeness (QED) is 0.0582. The minimum Gasteiger partial charge on any atom is -0.506 e. The average molecular weight is 689 g/mol. The van der Waals surface area contributed by atoms with E-state index >= 15 is 0 Å².